The summed E-state index contributed by atoms with van der Waals surface area (Å²) in [6, 6.07) is 16.8. The summed E-state index contributed by atoms with van der Waals surface area (Å²) >= 11 is 0. The van der Waals surface area contributed by atoms with E-state index in [-0.39, 0.29) is 30.9 Å². The van der Waals surface area contributed by atoms with Crippen LogP contribution < -0.4 is 15.6 Å². The molecule has 0 saturated carbocycles. The summed E-state index contributed by atoms with van der Waals surface area (Å²) in [6.07, 6.45) is 0.0612. The van der Waals surface area contributed by atoms with Gasteiger partial charge in [0.2, 0.25) is 0 Å². The van der Waals surface area contributed by atoms with Gasteiger partial charge in [-0.3, -0.25) is 9.59 Å². The van der Waals surface area contributed by atoms with Crippen LogP contribution in [0.15, 0.2) is 71.8 Å². The van der Waals surface area contributed by atoms with E-state index in [1.807, 2.05) is 18.2 Å². The van der Waals surface area contributed by atoms with Crippen molar-refractivity contribution in [3.63, 3.8) is 0 Å². The number of aliphatic hydroxyl groups excluding tert-OH is 1. The predicted molar refractivity (Wildman–Crippen MR) is 147 cm³/mol. The van der Waals surface area contributed by atoms with Gasteiger partial charge < -0.3 is 15.7 Å². The SMILES string of the molecule is CCc1cccc(CNCC(O)C(Cc2cc(F)cc(F)c2)NC(=O)c2cccc(N3N=C(C)CC3=O)c2)c1. The molecule has 0 bridgehead atoms. The number of aliphatic hydroxyl groups is 1. The maximum absolute atomic E-state index is 13.9. The van der Waals surface area contributed by atoms with Crippen molar-refractivity contribution in [1.82, 2.24) is 10.6 Å². The molecule has 0 radical (unpaired) electrons. The van der Waals surface area contributed by atoms with Crippen molar-refractivity contribution in [2.45, 2.75) is 51.8 Å². The Morgan fingerprint density at radius 2 is 1.74 bits per heavy atom. The molecule has 2 unspecified atom stereocenters. The number of carbonyl (C=O) groups excluding carboxylic acids is 2. The lowest BCUT2D eigenvalue weighted by molar-refractivity contribution is -0.116. The van der Waals surface area contributed by atoms with Crippen molar-refractivity contribution in [3.8, 4) is 0 Å². The van der Waals surface area contributed by atoms with Crippen LogP contribution in [0.25, 0.3) is 0 Å². The van der Waals surface area contributed by atoms with E-state index in [0.29, 0.717) is 23.5 Å². The maximum Gasteiger partial charge on any atom is 0.253 e. The molecule has 0 fully saturated rings. The maximum atomic E-state index is 13.9. The van der Waals surface area contributed by atoms with Crippen LogP contribution in [0.1, 0.15) is 47.3 Å². The van der Waals surface area contributed by atoms with Crippen molar-refractivity contribution in [1.29, 1.82) is 0 Å². The molecule has 4 rings (SSSR count). The number of benzene rings is 3. The van der Waals surface area contributed by atoms with Crippen LogP contribution in [0.5, 0.6) is 0 Å². The molecular formula is C30H32F2N4O3. The molecule has 2 atom stereocenters. The first kappa shape index (κ1) is 28.1. The summed E-state index contributed by atoms with van der Waals surface area (Å²) < 4.78 is 27.7. The Morgan fingerprint density at radius 1 is 1.03 bits per heavy atom. The van der Waals surface area contributed by atoms with E-state index in [4.69, 9.17) is 0 Å². The zero-order chi connectivity index (χ0) is 27.9. The molecule has 204 valence electrons. The lowest BCUT2D eigenvalue weighted by Crippen LogP contribution is -2.48. The van der Waals surface area contributed by atoms with Gasteiger partial charge in [0.15, 0.2) is 0 Å². The van der Waals surface area contributed by atoms with Crippen LogP contribution in [0.4, 0.5) is 14.5 Å². The van der Waals surface area contributed by atoms with E-state index in [1.165, 1.54) is 22.7 Å². The van der Waals surface area contributed by atoms with Crippen molar-refractivity contribution in [2.24, 2.45) is 5.10 Å². The number of carbonyl (C=O) groups is 2. The molecule has 0 saturated heterocycles. The zero-order valence-corrected chi connectivity index (χ0v) is 22.0. The number of nitrogens with one attached hydrogen (secondary N) is 2. The Kier molecular flexibility index (Phi) is 9.16. The highest BCUT2D eigenvalue weighted by atomic mass is 19.1. The second-order valence-corrected chi connectivity index (χ2v) is 9.70. The number of hydrogen-bond donors (Lipinski definition) is 3. The fraction of sp³-hybridized carbons (Fsp3) is 0.300. The highest BCUT2D eigenvalue weighted by Crippen LogP contribution is 2.22. The monoisotopic (exact) mass is 534 g/mol. The molecular weight excluding hydrogens is 502 g/mol. The summed E-state index contributed by atoms with van der Waals surface area (Å²) in [7, 11) is 0. The lowest BCUT2D eigenvalue weighted by Gasteiger charge is -2.25. The van der Waals surface area contributed by atoms with E-state index < -0.39 is 29.7 Å². The first-order valence-electron chi connectivity index (χ1n) is 12.9. The third-order valence-electron chi connectivity index (χ3n) is 6.51. The molecule has 3 aromatic carbocycles. The number of hydrazone groups is 1. The Morgan fingerprint density at radius 3 is 2.44 bits per heavy atom. The smallest absolute Gasteiger partial charge is 0.253 e. The quantitative estimate of drug-likeness (QED) is 0.345. The fourth-order valence-corrected chi connectivity index (χ4v) is 4.52. The predicted octanol–water partition coefficient (Wildman–Crippen LogP) is 4.13. The molecule has 9 heteroatoms. The topological polar surface area (TPSA) is 94.0 Å². The number of rotatable bonds is 11. The van der Waals surface area contributed by atoms with Crippen molar-refractivity contribution < 1.29 is 23.5 Å². The van der Waals surface area contributed by atoms with Gasteiger partial charge in [0, 0.05) is 30.4 Å². The first-order valence-corrected chi connectivity index (χ1v) is 12.9. The van der Waals surface area contributed by atoms with Gasteiger partial charge in [-0.05, 0) is 66.8 Å². The van der Waals surface area contributed by atoms with E-state index in [9.17, 15) is 23.5 Å². The number of amides is 2. The van der Waals surface area contributed by atoms with Crippen LogP contribution in [0, 0.1) is 11.6 Å². The normalized spacial score (nSPS) is 14.7. The van der Waals surface area contributed by atoms with Crippen LogP contribution in [0.3, 0.4) is 0 Å². The second-order valence-electron chi connectivity index (χ2n) is 9.70. The third-order valence-corrected chi connectivity index (χ3v) is 6.51. The molecule has 2 amide bonds. The standard InChI is InChI=1S/C30H32F2N4O3/c1-3-20-6-4-7-21(11-20)17-33-18-28(37)27(14-22-12-24(31)16-25(32)13-22)34-30(39)23-8-5-9-26(15-23)36-29(38)10-19(2)35-36/h4-9,11-13,15-16,27-28,33,37H,3,10,14,17-18H2,1-2H3,(H,34,39). The Balaban J connectivity index is 1.49. The molecule has 1 aliphatic heterocycles. The summed E-state index contributed by atoms with van der Waals surface area (Å²) in [4.78, 5) is 25.5. The average molecular weight is 535 g/mol. The van der Waals surface area contributed by atoms with Crippen molar-refractivity contribution in [3.05, 3.63) is 101 Å². The van der Waals surface area contributed by atoms with Gasteiger partial charge in [-0.15, -0.1) is 0 Å². The van der Waals surface area contributed by atoms with Gasteiger partial charge in [-0.25, -0.2) is 13.8 Å². The zero-order valence-electron chi connectivity index (χ0n) is 22.0. The Hall–Kier alpha value is -3.95. The largest absolute Gasteiger partial charge is 0.390 e. The molecule has 1 aliphatic rings. The van der Waals surface area contributed by atoms with Gasteiger partial charge in [0.1, 0.15) is 11.6 Å². The average Bonchev–Trinajstić information content (AvgIpc) is 3.25. The minimum absolute atomic E-state index is 0.00236. The molecule has 39 heavy (non-hydrogen) atoms. The molecule has 3 aromatic rings. The van der Waals surface area contributed by atoms with Gasteiger partial charge in [-0.1, -0.05) is 37.3 Å². The van der Waals surface area contributed by atoms with Gasteiger partial charge >= 0.3 is 0 Å². The molecule has 3 N–H and O–H groups in total. The third kappa shape index (κ3) is 7.55. The number of nitrogens with zero attached hydrogens (tertiary/aromatic N) is 2. The van der Waals surface area contributed by atoms with Crippen LogP contribution in [-0.4, -0.2) is 41.3 Å². The molecule has 0 aromatic heterocycles. The van der Waals surface area contributed by atoms with E-state index >= 15 is 0 Å². The van der Waals surface area contributed by atoms with Crippen molar-refractivity contribution >= 4 is 23.2 Å². The summed E-state index contributed by atoms with van der Waals surface area (Å²) in [6.45, 7) is 4.47. The molecule has 7 nitrogen and oxygen atoms in total. The van der Waals surface area contributed by atoms with Gasteiger partial charge in [0.25, 0.3) is 11.8 Å². The molecule has 0 spiro atoms. The van der Waals surface area contributed by atoms with Crippen LogP contribution in [-0.2, 0) is 24.2 Å². The number of aryl methyl sites for hydroxylation is 1. The Bertz CT molecular complexity index is 1360. The van der Waals surface area contributed by atoms with Crippen molar-refractivity contribution in [2.75, 3.05) is 11.6 Å². The summed E-state index contributed by atoms with van der Waals surface area (Å²) in [5.41, 5.74) is 3.94. The highest BCUT2D eigenvalue weighted by molar-refractivity contribution is 6.12. The minimum Gasteiger partial charge on any atom is -0.390 e. The fourth-order valence-electron chi connectivity index (χ4n) is 4.52. The van der Waals surface area contributed by atoms with E-state index in [2.05, 4.69) is 28.7 Å². The molecule has 0 aliphatic carbocycles. The lowest BCUT2D eigenvalue weighted by atomic mass is 10.00. The van der Waals surface area contributed by atoms with Crippen LogP contribution >= 0.6 is 0 Å². The second kappa shape index (κ2) is 12.7. The Labute approximate surface area is 226 Å². The summed E-state index contributed by atoms with van der Waals surface area (Å²) in [5.74, 6) is -2.17. The van der Waals surface area contributed by atoms with Crippen LogP contribution in [0.2, 0.25) is 0 Å². The highest BCUT2D eigenvalue weighted by Gasteiger charge is 2.25. The van der Waals surface area contributed by atoms with E-state index in [1.54, 1.807) is 31.2 Å². The van der Waals surface area contributed by atoms with Gasteiger partial charge in [0.05, 0.1) is 24.3 Å². The van der Waals surface area contributed by atoms with Gasteiger partial charge in [-0.2, -0.15) is 5.10 Å². The van der Waals surface area contributed by atoms with E-state index in [0.717, 1.165) is 18.1 Å². The number of hydrogen-bond acceptors (Lipinski definition) is 5. The first-order chi connectivity index (χ1) is 18.7. The number of anilines is 1. The number of halogens is 2. The summed E-state index contributed by atoms with van der Waals surface area (Å²) in [5, 5.41) is 22.5. The molecule has 1 heterocycles. The minimum atomic E-state index is -1.06.